The highest BCUT2D eigenvalue weighted by Crippen LogP contribution is 2.36. The Morgan fingerprint density at radius 3 is 2.59 bits per heavy atom. The fourth-order valence-corrected chi connectivity index (χ4v) is 4.52. The highest BCUT2D eigenvalue weighted by molar-refractivity contribution is 5.51. The molecular weight excluding hydrogens is 368 g/mol. The zero-order valence-electron chi connectivity index (χ0n) is 17.4. The van der Waals surface area contributed by atoms with E-state index in [9.17, 15) is 0 Å². The van der Waals surface area contributed by atoms with Crippen molar-refractivity contribution >= 4 is 11.6 Å². The van der Waals surface area contributed by atoms with Crippen molar-refractivity contribution in [1.29, 1.82) is 0 Å². The number of nitrogens with zero attached hydrogens (tertiary/aromatic N) is 6. The highest BCUT2D eigenvalue weighted by Gasteiger charge is 2.37. The van der Waals surface area contributed by atoms with E-state index in [0.29, 0.717) is 18.7 Å². The molecule has 0 atom stereocenters. The van der Waals surface area contributed by atoms with Gasteiger partial charge >= 0.3 is 0 Å². The van der Waals surface area contributed by atoms with Crippen LogP contribution in [0, 0.1) is 0 Å². The Bertz CT molecular complexity index is 841. The van der Waals surface area contributed by atoms with Crippen LogP contribution in [0.25, 0.3) is 0 Å². The third-order valence-electron chi connectivity index (χ3n) is 6.30. The third-order valence-corrected chi connectivity index (χ3v) is 6.30. The number of hydrogen-bond donors (Lipinski definition) is 0. The molecule has 1 saturated carbocycles. The second-order valence-corrected chi connectivity index (χ2v) is 8.61. The molecule has 29 heavy (non-hydrogen) atoms. The normalized spacial score (nSPS) is 20.5. The second kappa shape index (κ2) is 7.91. The van der Waals surface area contributed by atoms with Crippen LogP contribution in [0.4, 0.5) is 11.6 Å². The standard InChI is InChI=1S/C21H30N6O2/c1-25(2)20-11-21(23-14-22-20)27(15-3-4-15)16-5-8-26(9-6-16)12-18-17-13-28-10-7-19(17)29-24-18/h11,14-16H,3-10,12-13H2,1-2H3. The molecule has 5 rings (SSSR count). The van der Waals surface area contributed by atoms with Gasteiger partial charge in [0.25, 0.3) is 0 Å². The van der Waals surface area contributed by atoms with E-state index < -0.39 is 0 Å². The van der Waals surface area contributed by atoms with Crippen molar-refractivity contribution in [2.24, 2.45) is 0 Å². The maximum atomic E-state index is 5.60. The average molecular weight is 399 g/mol. The summed E-state index contributed by atoms with van der Waals surface area (Å²) in [4.78, 5) is 16.1. The summed E-state index contributed by atoms with van der Waals surface area (Å²) in [6, 6.07) is 3.31. The van der Waals surface area contributed by atoms with Crippen LogP contribution in [0.5, 0.6) is 0 Å². The molecule has 0 unspecified atom stereocenters. The van der Waals surface area contributed by atoms with E-state index in [-0.39, 0.29) is 0 Å². The summed E-state index contributed by atoms with van der Waals surface area (Å²) in [5, 5.41) is 4.33. The van der Waals surface area contributed by atoms with Crippen molar-refractivity contribution in [2.45, 2.75) is 57.3 Å². The molecule has 0 radical (unpaired) electrons. The summed E-state index contributed by atoms with van der Waals surface area (Å²) in [7, 11) is 4.06. The van der Waals surface area contributed by atoms with Gasteiger partial charge in [0.05, 0.1) is 13.2 Å². The lowest BCUT2D eigenvalue weighted by atomic mass is 10.0. The first-order valence-electron chi connectivity index (χ1n) is 10.7. The topological polar surface area (TPSA) is 70.8 Å². The molecule has 3 aliphatic rings. The number of aromatic nitrogens is 3. The number of likely N-dealkylation sites (tertiary alicyclic amines) is 1. The van der Waals surface area contributed by atoms with E-state index in [1.165, 1.54) is 18.4 Å². The van der Waals surface area contributed by atoms with Gasteiger partial charge < -0.3 is 19.1 Å². The summed E-state index contributed by atoms with van der Waals surface area (Å²) in [5.41, 5.74) is 2.24. The first-order chi connectivity index (χ1) is 14.2. The fourth-order valence-electron chi connectivity index (χ4n) is 4.52. The van der Waals surface area contributed by atoms with Crippen molar-refractivity contribution < 1.29 is 9.26 Å². The predicted octanol–water partition coefficient (Wildman–Crippen LogP) is 2.24. The summed E-state index contributed by atoms with van der Waals surface area (Å²) < 4.78 is 11.1. The molecule has 0 bridgehead atoms. The molecule has 2 aromatic rings. The summed E-state index contributed by atoms with van der Waals surface area (Å²) >= 11 is 0. The first kappa shape index (κ1) is 18.8. The van der Waals surface area contributed by atoms with Crippen molar-refractivity contribution in [3.05, 3.63) is 29.4 Å². The Morgan fingerprint density at radius 2 is 1.83 bits per heavy atom. The van der Waals surface area contributed by atoms with Crippen LogP contribution >= 0.6 is 0 Å². The Morgan fingerprint density at radius 1 is 1.07 bits per heavy atom. The van der Waals surface area contributed by atoms with Gasteiger partial charge in [-0.1, -0.05) is 5.16 Å². The summed E-state index contributed by atoms with van der Waals surface area (Å²) in [5.74, 6) is 3.06. The largest absolute Gasteiger partial charge is 0.376 e. The molecule has 8 heteroatoms. The lowest BCUT2D eigenvalue weighted by Crippen LogP contribution is -2.46. The van der Waals surface area contributed by atoms with Crippen LogP contribution in [0.2, 0.25) is 0 Å². The number of rotatable bonds is 6. The van der Waals surface area contributed by atoms with E-state index in [1.54, 1.807) is 6.33 Å². The molecule has 1 saturated heterocycles. The molecule has 0 amide bonds. The van der Waals surface area contributed by atoms with Crippen molar-refractivity contribution in [1.82, 2.24) is 20.0 Å². The van der Waals surface area contributed by atoms with Crippen LogP contribution in [0.3, 0.4) is 0 Å². The number of hydrogen-bond acceptors (Lipinski definition) is 8. The lowest BCUT2D eigenvalue weighted by molar-refractivity contribution is 0.102. The Hall–Kier alpha value is -2.19. The van der Waals surface area contributed by atoms with Gasteiger partial charge in [0.15, 0.2) is 0 Å². The second-order valence-electron chi connectivity index (χ2n) is 8.61. The van der Waals surface area contributed by atoms with Crippen molar-refractivity contribution in [2.75, 3.05) is 43.6 Å². The number of anilines is 2. The van der Waals surface area contributed by atoms with E-state index in [4.69, 9.17) is 9.26 Å². The van der Waals surface area contributed by atoms with E-state index in [2.05, 4.69) is 31.0 Å². The first-order valence-corrected chi connectivity index (χ1v) is 10.7. The minimum absolute atomic E-state index is 0.540. The van der Waals surface area contributed by atoms with Crippen LogP contribution in [0.1, 0.15) is 42.7 Å². The minimum atomic E-state index is 0.540. The predicted molar refractivity (Wildman–Crippen MR) is 110 cm³/mol. The smallest absolute Gasteiger partial charge is 0.144 e. The van der Waals surface area contributed by atoms with Crippen LogP contribution < -0.4 is 9.80 Å². The molecular formula is C21H30N6O2. The maximum Gasteiger partial charge on any atom is 0.144 e. The molecule has 0 aromatic carbocycles. The van der Waals surface area contributed by atoms with Gasteiger partial charge in [-0.3, -0.25) is 4.90 Å². The molecule has 0 spiro atoms. The van der Waals surface area contributed by atoms with Crippen LogP contribution in [0.15, 0.2) is 16.9 Å². The third kappa shape index (κ3) is 3.96. The van der Waals surface area contributed by atoms with Gasteiger partial charge in [0, 0.05) is 63.9 Å². The van der Waals surface area contributed by atoms with Crippen molar-refractivity contribution in [3.8, 4) is 0 Å². The van der Waals surface area contributed by atoms with Gasteiger partial charge in [-0.25, -0.2) is 9.97 Å². The fraction of sp³-hybridized carbons (Fsp3) is 0.667. The lowest BCUT2D eigenvalue weighted by Gasteiger charge is -2.39. The van der Waals surface area contributed by atoms with Gasteiger partial charge in [-0.05, 0) is 25.7 Å². The highest BCUT2D eigenvalue weighted by atomic mass is 16.5. The molecule has 156 valence electrons. The molecule has 2 aliphatic heterocycles. The molecule has 8 nitrogen and oxygen atoms in total. The van der Waals surface area contributed by atoms with Crippen LogP contribution in [-0.2, 0) is 24.3 Å². The molecule has 2 aromatic heterocycles. The SMILES string of the molecule is CN(C)c1cc(N(C2CC2)C2CCN(Cc3noc4c3COCC4)CC2)ncn1. The van der Waals surface area contributed by atoms with Gasteiger partial charge in [-0.2, -0.15) is 0 Å². The monoisotopic (exact) mass is 398 g/mol. The average Bonchev–Trinajstić information content (AvgIpc) is 3.50. The number of ether oxygens (including phenoxy) is 1. The Balaban J connectivity index is 1.24. The molecule has 0 N–H and O–H groups in total. The number of fused-ring (bicyclic) bond motifs is 1. The Labute approximate surface area is 171 Å². The van der Waals surface area contributed by atoms with Crippen molar-refractivity contribution in [3.63, 3.8) is 0 Å². The molecule has 2 fully saturated rings. The van der Waals surface area contributed by atoms with Gasteiger partial charge in [0.1, 0.15) is 29.4 Å². The van der Waals surface area contributed by atoms with Gasteiger partial charge in [-0.15, -0.1) is 0 Å². The zero-order chi connectivity index (χ0) is 19.8. The molecule has 1 aliphatic carbocycles. The van der Waals surface area contributed by atoms with E-state index in [1.807, 2.05) is 19.0 Å². The number of piperidine rings is 1. The minimum Gasteiger partial charge on any atom is -0.376 e. The summed E-state index contributed by atoms with van der Waals surface area (Å²) in [6.07, 6.45) is 7.38. The zero-order valence-corrected chi connectivity index (χ0v) is 17.4. The van der Waals surface area contributed by atoms with E-state index in [0.717, 1.165) is 68.6 Å². The van der Waals surface area contributed by atoms with E-state index >= 15 is 0 Å². The Kier molecular flexibility index (Phi) is 5.13. The summed E-state index contributed by atoms with van der Waals surface area (Å²) in [6.45, 7) is 4.38. The van der Waals surface area contributed by atoms with Gasteiger partial charge in [0.2, 0.25) is 0 Å². The molecule has 4 heterocycles. The van der Waals surface area contributed by atoms with Crippen LogP contribution in [-0.4, -0.2) is 65.9 Å². The quantitative estimate of drug-likeness (QED) is 0.734. The maximum absolute atomic E-state index is 5.60.